The summed E-state index contributed by atoms with van der Waals surface area (Å²) >= 11 is 0. The minimum Gasteiger partial charge on any atom is -0.323 e. The Bertz CT molecular complexity index is 930. The zero-order valence-corrected chi connectivity index (χ0v) is 14.9. The van der Waals surface area contributed by atoms with Gasteiger partial charge in [0.1, 0.15) is 0 Å². The molecule has 1 fully saturated rings. The molecule has 1 saturated heterocycles. The monoisotopic (exact) mass is 398 g/mol. The highest BCUT2D eigenvalue weighted by atomic mass is 32.2. The van der Waals surface area contributed by atoms with E-state index < -0.39 is 32.9 Å². The molecule has 0 aromatic heterocycles. The van der Waals surface area contributed by atoms with Crippen molar-refractivity contribution in [3.8, 4) is 0 Å². The maximum absolute atomic E-state index is 12.8. The predicted molar refractivity (Wildman–Crippen MR) is 94.1 cm³/mol. The highest BCUT2D eigenvalue weighted by Gasteiger charge is 2.36. The fourth-order valence-corrected chi connectivity index (χ4v) is 4.66. The van der Waals surface area contributed by atoms with E-state index in [0.717, 1.165) is 12.1 Å². The number of hydrogen-bond donors (Lipinski definition) is 1. The molecule has 27 heavy (non-hydrogen) atoms. The normalized spacial score (nSPS) is 17.7. The van der Waals surface area contributed by atoms with Gasteiger partial charge in [0.15, 0.2) is 9.84 Å². The topological polar surface area (TPSA) is 66.5 Å². The van der Waals surface area contributed by atoms with Crippen molar-refractivity contribution in [2.75, 3.05) is 18.4 Å². The van der Waals surface area contributed by atoms with Gasteiger partial charge in [-0.15, -0.1) is 0 Å². The van der Waals surface area contributed by atoms with Gasteiger partial charge in [-0.05, 0) is 36.8 Å². The molecule has 1 aliphatic rings. The lowest BCUT2D eigenvalue weighted by Crippen LogP contribution is -2.35. The SMILES string of the molecule is O=C(Nc1cccc(C(F)(F)F)c1)N1CC[C@@H](S(=O)(=O)c2ccccc2)C1. The van der Waals surface area contributed by atoms with Crippen LogP contribution in [0.2, 0.25) is 0 Å². The van der Waals surface area contributed by atoms with Gasteiger partial charge in [0.25, 0.3) is 0 Å². The summed E-state index contributed by atoms with van der Waals surface area (Å²) in [5, 5.41) is 1.66. The Morgan fingerprint density at radius 3 is 2.44 bits per heavy atom. The number of benzene rings is 2. The lowest BCUT2D eigenvalue weighted by molar-refractivity contribution is -0.137. The molecule has 0 bridgehead atoms. The predicted octanol–water partition coefficient (Wildman–Crippen LogP) is 3.79. The van der Waals surface area contributed by atoms with Gasteiger partial charge in [0.2, 0.25) is 0 Å². The molecule has 5 nitrogen and oxygen atoms in total. The van der Waals surface area contributed by atoms with Crippen molar-refractivity contribution in [3.05, 3.63) is 60.2 Å². The summed E-state index contributed by atoms with van der Waals surface area (Å²) in [7, 11) is -3.57. The van der Waals surface area contributed by atoms with E-state index in [1.807, 2.05) is 0 Å². The summed E-state index contributed by atoms with van der Waals surface area (Å²) in [6.07, 6.45) is -4.24. The van der Waals surface area contributed by atoms with Gasteiger partial charge in [-0.25, -0.2) is 13.2 Å². The van der Waals surface area contributed by atoms with Gasteiger partial charge >= 0.3 is 12.2 Å². The number of sulfone groups is 1. The molecule has 1 heterocycles. The fourth-order valence-electron chi connectivity index (χ4n) is 2.94. The lowest BCUT2D eigenvalue weighted by atomic mass is 10.2. The van der Waals surface area contributed by atoms with Crippen LogP contribution in [-0.4, -0.2) is 37.7 Å². The molecule has 1 N–H and O–H groups in total. The van der Waals surface area contributed by atoms with Crippen LogP contribution in [-0.2, 0) is 16.0 Å². The molecule has 0 spiro atoms. The summed E-state index contributed by atoms with van der Waals surface area (Å²) in [5.74, 6) is 0. The molecular formula is C18H17F3N2O3S. The summed E-state index contributed by atoms with van der Waals surface area (Å²) < 4.78 is 63.5. The molecule has 144 valence electrons. The van der Waals surface area contributed by atoms with E-state index in [1.54, 1.807) is 18.2 Å². The van der Waals surface area contributed by atoms with Gasteiger partial charge in [-0.2, -0.15) is 13.2 Å². The number of likely N-dealkylation sites (tertiary alicyclic amines) is 1. The third-order valence-corrected chi connectivity index (χ3v) is 6.58. The smallest absolute Gasteiger partial charge is 0.323 e. The quantitative estimate of drug-likeness (QED) is 0.856. The molecule has 1 atom stereocenters. The van der Waals surface area contributed by atoms with Gasteiger partial charge in [-0.3, -0.25) is 0 Å². The van der Waals surface area contributed by atoms with Crippen LogP contribution in [0, 0.1) is 0 Å². The Morgan fingerprint density at radius 2 is 1.78 bits per heavy atom. The lowest BCUT2D eigenvalue weighted by Gasteiger charge is -2.18. The van der Waals surface area contributed by atoms with Crippen LogP contribution in [0.25, 0.3) is 0 Å². The number of amides is 2. The first-order chi connectivity index (χ1) is 12.7. The number of alkyl halides is 3. The number of urea groups is 1. The summed E-state index contributed by atoms with van der Waals surface area (Å²) in [6.45, 7) is 0.198. The van der Waals surface area contributed by atoms with Crippen molar-refractivity contribution in [1.29, 1.82) is 0 Å². The van der Waals surface area contributed by atoms with E-state index >= 15 is 0 Å². The Hall–Kier alpha value is -2.55. The average Bonchev–Trinajstić information content (AvgIpc) is 3.13. The Labute approximate surface area is 154 Å². The van der Waals surface area contributed by atoms with E-state index in [1.165, 1.54) is 29.2 Å². The Morgan fingerprint density at radius 1 is 1.07 bits per heavy atom. The number of carbonyl (C=O) groups is 1. The molecule has 0 unspecified atom stereocenters. The first-order valence-corrected chi connectivity index (χ1v) is 9.75. The molecule has 2 aromatic carbocycles. The van der Waals surface area contributed by atoms with Gasteiger partial charge in [-0.1, -0.05) is 24.3 Å². The van der Waals surface area contributed by atoms with Crippen molar-refractivity contribution in [3.63, 3.8) is 0 Å². The summed E-state index contributed by atoms with van der Waals surface area (Å²) in [6, 6.07) is 11.6. The summed E-state index contributed by atoms with van der Waals surface area (Å²) in [4.78, 5) is 13.8. The third-order valence-electron chi connectivity index (χ3n) is 4.38. The van der Waals surface area contributed by atoms with E-state index in [-0.39, 0.29) is 30.1 Å². The Balaban J connectivity index is 1.68. The van der Waals surface area contributed by atoms with Crippen LogP contribution in [0.3, 0.4) is 0 Å². The van der Waals surface area contributed by atoms with Crippen LogP contribution < -0.4 is 5.32 Å². The van der Waals surface area contributed by atoms with Crippen molar-refractivity contribution in [2.45, 2.75) is 22.7 Å². The van der Waals surface area contributed by atoms with E-state index in [9.17, 15) is 26.4 Å². The minimum atomic E-state index is -4.51. The number of hydrogen-bond acceptors (Lipinski definition) is 3. The van der Waals surface area contributed by atoms with E-state index in [2.05, 4.69) is 5.32 Å². The zero-order valence-electron chi connectivity index (χ0n) is 14.1. The second kappa shape index (κ2) is 7.22. The first kappa shape index (κ1) is 19.2. The summed E-state index contributed by atoms with van der Waals surface area (Å²) in [5.41, 5.74) is -0.865. The molecule has 2 amide bonds. The van der Waals surface area contributed by atoms with Gasteiger partial charge < -0.3 is 10.2 Å². The molecule has 9 heteroatoms. The number of nitrogens with one attached hydrogen (secondary N) is 1. The molecule has 0 saturated carbocycles. The van der Waals surface area contributed by atoms with Gasteiger partial charge in [0.05, 0.1) is 15.7 Å². The first-order valence-electron chi connectivity index (χ1n) is 8.20. The molecular weight excluding hydrogens is 381 g/mol. The fraction of sp³-hybridized carbons (Fsp3) is 0.278. The largest absolute Gasteiger partial charge is 0.416 e. The minimum absolute atomic E-state index is 0.00388. The molecule has 0 aliphatic carbocycles. The van der Waals surface area contributed by atoms with Crippen molar-refractivity contribution in [2.24, 2.45) is 0 Å². The third kappa shape index (κ3) is 4.24. The number of nitrogens with zero attached hydrogens (tertiary/aromatic N) is 1. The molecule has 2 aromatic rings. The van der Waals surface area contributed by atoms with Crippen LogP contribution in [0.4, 0.5) is 23.7 Å². The highest BCUT2D eigenvalue weighted by molar-refractivity contribution is 7.92. The van der Waals surface area contributed by atoms with Gasteiger partial charge in [0, 0.05) is 18.8 Å². The van der Waals surface area contributed by atoms with Crippen molar-refractivity contribution < 1.29 is 26.4 Å². The second-order valence-electron chi connectivity index (χ2n) is 6.22. The van der Waals surface area contributed by atoms with Crippen LogP contribution in [0.5, 0.6) is 0 Å². The average molecular weight is 398 g/mol. The molecule has 0 radical (unpaired) electrons. The Kier molecular flexibility index (Phi) is 5.14. The highest BCUT2D eigenvalue weighted by Crippen LogP contribution is 2.31. The number of rotatable bonds is 3. The number of halogens is 3. The maximum atomic E-state index is 12.8. The molecule has 3 rings (SSSR count). The second-order valence-corrected chi connectivity index (χ2v) is 8.45. The van der Waals surface area contributed by atoms with Crippen molar-refractivity contribution in [1.82, 2.24) is 4.90 Å². The van der Waals surface area contributed by atoms with Crippen molar-refractivity contribution >= 4 is 21.6 Å². The van der Waals surface area contributed by atoms with Crippen LogP contribution >= 0.6 is 0 Å². The van der Waals surface area contributed by atoms with Crippen LogP contribution in [0.15, 0.2) is 59.5 Å². The number of anilines is 1. The van der Waals surface area contributed by atoms with E-state index in [4.69, 9.17) is 0 Å². The van der Waals surface area contributed by atoms with Crippen LogP contribution in [0.1, 0.15) is 12.0 Å². The maximum Gasteiger partial charge on any atom is 0.416 e. The zero-order chi connectivity index (χ0) is 19.7. The number of carbonyl (C=O) groups excluding carboxylic acids is 1. The standard InChI is InChI=1S/C18H17F3N2O3S/c19-18(20,21)13-5-4-6-14(11-13)22-17(24)23-10-9-16(12-23)27(25,26)15-7-2-1-3-8-15/h1-8,11,16H,9-10,12H2,(H,22,24)/t16-/m1/s1. The van der Waals surface area contributed by atoms with E-state index in [0.29, 0.717) is 0 Å². The molecule has 1 aliphatic heterocycles.